The van der Waals surface area contributed by atoms with Crippen molar-refractivity contribution in [2.24, 2.45) is 0 Å². The molecule has 3 aromatic rings. The summed E-state index contributed by atoms with van der Waals surface area (Å²) in [6.07, 6.45) is 1.48. The third-order valence-electron chi connectivity index (χ3n) is 4.52. The summed E-state index contributed by atoms with van der Waals surface area (Å²) in [5, 5.41) is 2.86. The molecule has 0 unspecified atom stereocenters. The summed E-state index contributed by atoms with van der Waals surface area (Å²) in [4.78, 5) is 30.9. The summed E-state index contributed by atoms with van der Waals surface area (Å²) in [5.74, 6) is -0.127. The van der Waals surface area contributed by atoms with Gasteiger partial charge < -0.3 is 10.2 Å². The maximum Gasteiger partial charge on any atom is 0.276 e. The second-order valence-corrected chi connectivity index (χ2v) is 6.86. The first-order valence-electron chi connectivity index (χ1n) is 9.16. The molecular formula is C23H23N3O2. The fourth-order valence-corrected chi connectivity index (χ4v) is 2.78. The van der Waals surface area contributed by atoms with Crippen LogP contribution in [-0.2, 0) is 0 Å². The molecule has 0 radical (unpaired) electrons. The van der Waals surface area contributed by atoms with E-state index in [1.165, 1.54) is 22.7 Å². The Balaban J connectivity index is 1.75. The molecular weight excluding hydrogens is 350 g/mol. The number of pyridine rings is 1. The Kier molecular flexibility index (Phi) is 5.84. The molecule has 142 valence electrons. The summed E-state index contributed by atoms with van der Waals surface area (Å²) in [5.41, 5.74) is 3.27. The van der Waals surface area contributed by atoms with Gasteiger partial charge in [-0.2, -0.15) is 0 Å². The normalized spacial score (nSPS) is 10.6. The molecule has 0 fully saturated rings. The first-order chi connectivity index (χ1) is 13.5. The van der Waals surface area contributed by atoms with Crippen molar-refractivity contribution in [3.05, 3.63) is 89.7 Å². The molecule has 2 amide bonds. The van der Waals surface area contributed by atoms with E-state index in [1.807, 2.05) is 54.6 Å². The van der Waals surface area contributed by atoms with Crippen LogP contribution in [0.2, 0.25) is 0 Å². The standard InChI is InChI=1S/C23H23N3O2/c1-16(2)17-9-11-19(12-10-17)25-22(27)18-13-14-24-21(15-18)23(28)26(3)20-7-5-4-6-8-20/h4-16H,1-3H3,(H,25,27). The number of hydrogen-bond acceptors (Lipinski definition) is 3. The molecule has 0 saturated heterocycles. The number of hydrogen-bond donors (Lipinski definition) is 1. The van der Waals surface area contributed by atoms with Crippen molar-refractivity contribution in [1.82, 2.24) is 4.98 Å². The van der Waals surface area contributed by atoms with Gasteiger partial charge in [-0.25, -0.2) is 0 Å². The van der Waals surface area contributed by atoms with E-state index in [1.54, 1.807) is 13.1 Å². The van der Waals surface area contributed by atoms with Gasteiger partial charge >= 0.3 is 0 Å². The highest BCUT2D eigenvalue weighted by Crippen LogP contribution is 2.18. The Bertz CT molecular complexity index is 967. The number of rotatable bonds is 5. The van der Waals surface area contributed by atoms with Crippen LogP contribution >= 0.6 is 0 Å². The zero-order chi connectivity index (χ0) is 20.1. The van der Waals surface area contributed by atoms with Gasteiger partial charge in [-0.3, -0.25) is 14.6 Å². The topological polar surface area (TPSA) is 62.3 Å². The molecule has 0 aliphatic carbocycles. The van der Waals surface area contributed by atoms with E-state index < -0.39 is 0 Å². The lowest BCUT2D eigenvalue weighted by Gasteiger charge is -2.17. The number of carbonyl (C=O) groups excluding carboxylic acids is 2. The minimum absolute atomic E-state index is 0.217. The fourth-order valence-electron chi connectivity index (χ4n) is 2.78. The molecule has 28 heavy (non-hydrogen) atoms. The number of carbonyl (C=O) groups is 2. The van der Waals surface area contributed by atoms with Crippen molar-refractivity contribution in [1.29, 1.82) is 0 Å². The number of nitrogens with zero attached hydrogens (tertiary/aromatic N) is 2. The number of benzene rings is 2. The molecule has 1 heterocycles. The highest BCUT2D eigenvalue weighted by atomic mass is 16.2. The van der Waals surface area contributed by atoms with Gasteiger partial charge in [0.15, 0.2) is 0 Å². The largest absolute Gasteiger partial charge is 0.322 e. The molecule has 5 nitrogen and oxygen atoms in total. The highest BCUT2D eigenvalue weighted by molar-refractivity contribution is 6.08. The van der Waals surface area contributed by atoms with Crippen molar-refractivity contribution in [2.45, 2.75) is 19.8 Å². The van der Waals surface area contributed by atoms with E-state index in [0.29, 0.717) is 17.2 Å². The molecule has 1 aromatic heterocycles. The van der Waals surface area contributed by atoms with Crippen LogP contribution in [0.15, 0.2) is 72.9 Å². The third-order valence-corrected chi connectivity index (χ3v) is 4.52. The number of nitrogens with one attached hydrogen (secondary N) is 1. The maximum atomic E-state index is 12.7. The second-order valence-electron chi connectivity index (χ2n) is 6.86. The van der Waals surface area contributed by atoms with Gasteiger partial charge in [0, 0.05) is 30.2 Å². The highest BCUT2D eigenvalue weighted by Gasteiger charge is 2.17. The van der Waals surface area contributed by atoms with Crippen LogP contribution in [-0.4, -0.2) is 23.8 Å². The van der Waals surface area contributed by atoms with Crippen LogP contribution in [0.4, 0.5) is 11.4 Å². The first-order valence-corrected chi connectivity index (χ1v) is 9.16. The quantitative estimate of drug-likeness (QED) is 0.703. The van der Waals surface area contributed by atoms with E-state index in [0.717, 1.165) is 5.69 Å². The molecule has 0 bridgehead atoms. The SMILES string of the molecule is CC(C)c1ccc(NC(=O)c2ccnc(C(=O)N(C)c3ccccc3)c2)cc1. The lowest BCUT2D eigenvalue weighted by molar-refractivity contribution is 0.0988. The van der Waals surface area contributed by atoms with Crippen molar-refractivity contribution < 1.29 is 9.59 Å². The van der Waals surface area contributed by atoms with Gasteiger partial charge in [-0.15, -0.1) is 0 Å². The molecule has 2 aromatic carbocycles. The average Bonchev–Trinajstić information content (AvgIpc) is 2.73. The number of anilines is 2. The van der Waals surface area contributed by atoms with E-state index in [-0.39, 0.29) is 17.5 Å². The van der Waals surface area contributed by atoms with Crippen LogP contribution in [0, 0.1) is 0 Å². The molecule has 5 heteroatoms. The monoisotopic (exact) mass is 373 g/mol. The summed E-state index contributed by atoms with van der Waals surface area (Å²) in [6.45, 7) is 4.24. The Labute approximate surface area is 165 Å². The Hall–Kier alpha value is -3.47. The fraction of sp³-hybridized carbons (Fsp3) is 0.174. The molecule has 1 N–H and O–H groups in total. The lowest BCUT2D eigenvalue weighted by Crippen LogP contribution is -2.27. The summed E-state index contributed by atoms with van der Waals surface area (Å²) in [7, 11) is 1.68. The van der Waals surface area contributed by atoms with Crippen molar-refractivity contribution in [3.8, 4) is 0 Å². The summed E-state index contributed by atoms with van der Waals surface area (Å²) >= 11 is 0. The van der Waals surface area contributed by atoms with Crippen LogP contribution in [0.25, 0.3) is 0 Å². The van der Waals surface area contributed by atoms with Crippen molar-refractivity contribution in [2.75, 3.05) is 17.3 Å². The molecule has 0 aliphatic heterocycles. The Morgan fingerprint density at radius 3 is 2.29 bits per heavy atom. The average molecular weight is 373 g/mol. The van der Waals surface area contributed by atoms with Gasteiger partial charge in [-0.05, 0) is 47.9 Å². The maximum absolute atomic E-state index is 12.7. The Morgan fingerprint density at radius 1 is 0.964 bits per heavy atom. The number of amides is 2. The van der Waals surface area contributed by atoms with Crippen LogP contribution < -0.4 is 10.2 Å². The Morgan fingerprint density at radius 2 is 1.64 bits per heavy atom. The van der Waals surface area contributed by atoms with Crippen LogP contribution in [0.5, 0.6) is 0 Å². The van der Waals surface area contributed by atoms with E-state index in [9.17, 15) is 9.59 Å². The van der Waals surface area contributed by atoms with E-state index in [4.69, 9.17) is 0 Å². The van der Waals surface area contributed by atoms with Crippen molar-refractivity contribution >= 4 is 23.2 Å². The van der Waals surface area contributed by atoms with E-state index in [2.05, 4.69) is 24.1 Å². The minimum Gasteiger partial charge on any atom is -0.322 e. The van der Waals surface area contributed by atoms with Crippen LogP contribution in [0.3, 0.4) is 0 Å². The van der Waals surface area contributed by atoms with E-state index >= 15 is 0 Å². The first kappa shape index (κ1) is 19.3. The lowest BCUT2D eigenvalue weighted by atomic mass is 10.0. The number of aromatic nitrogens is 1. The molecule has 3 rings (SSSR count). The smallest absolute Gasteiger partial charge is 0.276 e. The predicted molar refractivity (Wildman–Crippen MR) is 112 cm³/mol. The molecule has 0 saturated carbocycles. The summed E-state index contributed by atoms with van der Waals surface area (Å²) in [6, 6.07) is 20.2. The van der Waals surface area contributed by atoms with Crippen molar-refractivity contribution in [3.63, 3.8) is 0 Å². The van der Waals surface area contributed by atoms with Gasteiger partial charge in [-0.1, -0.05) is 44.2 Å². The predicted octanol–water partition coefficient (Wildman–Crippen LogP) is 4.73. The zero-order valence-corrected chi connectivity index (χ0v) is 16.2. The zero-order valence-electron chi connectivity index (χ0n) is 16.2. The van der Waals surface area contributed by atoms with Gasteiger partial charge in [0.2, 0.25) is 0 Å². The molecule has 0 atom stereocenters. The minimum atomic E-state index is -0.281. The van der Waals surface area contributed by atoms with Gasteiger partial charge in [0.25, 0.3) is 11.8 Å². The summed E-state index contributed by atoms with van der Waals surface area (Å²) < 4.78 is 0. The van der Waals surface area contributed by atoms with Gasteiger partial charge in [0.1, 0.15) is 5.69 Å². The molecule has 0 spiro atoms. The number of para-hydroxylation sites is 1. The van der Waals surface area contributed by atoms with Crippen LogP contribution in [0.1, 0.15) is 46.2 Å². The molecule has 0 aliphatic rings. The van der Waals surface area contributed by atoms with Gasteiger partial charge in [0.05, 0.1) is 0 Å². The second kappa shape index (κ2) is 8.48. The third kappa shape index (κ3) is 4.43.